The van der Waals surface area contributed by atoms with Gasteiger partial charge in [-0.25, -0.2) is 0 Å². The van der Waals surface area contributed by atoms with Crippen molar-refractivity contribution in [2.75, 3.05) is 31.8 Å². The SMILES string of the molecule is CNC(=O)c1nnc(NC(=O)C2CC2)cc1Nc1cccc(-c2ccc(C(=O)N(C)[C@@H](C)c3cnn(C)c3)nc2)c1OC. The minimum absolute atomic E-state index is 0.0196. The number of aromatic nitrogens is 5. The van der Waals surface area contributed by atoms with Gasteiger partial charge in [-0.1, -0.05) is 18.2 Å². The highest BCUT2D eigenvalue weighted by atomic mass is 16.5. The monoisotopic (exact) mass is 583 g/mol. The molecule has 1 saturated carbocycles. The minimum atomic E-state index is -0.447. The molecule has 13 heteroatoms. The van der Waals surface area contributed by atoms with Crippen molar-refractivity contribution in [2.45, 2.75) is 25.8 Å². The number of hydrogen-bond donors (Lipinski definition) is 3. The smallest absolute Gasteiger partial charge is 0.273 e. The molecule has 13 nitrogen and oxygen atoms in total. The average molecular weight is 584 g/mol. The number of nitrogens with zero attached hydrogens (tertiary/aromatic N) is 6. The van der Waals surface area contributed by atoms with E-state index in [0.29, 0.717) is 28.4 Å². The largest absolute Gasteiger partial charge is 0.494 e. The fourth-order valence-corrected chi connectivity index (χ4v) is 4.55. The fraction of sp³-hybridized carbons (Fsp3) is 0.300. The molecule has 3 heterocycles. The third-order valence-electron chi connectivity index (χ3n) is 7.33. The first kappa shape index (κ1) is 29.2. The van der Waals surface area contributed by atoms with Crippen LogP contribution in [-0.4, -0.2) is 68.8 Å². The lowest BCUT2D eigenvalue weighted by atomic mass is 10.0. The molecule has 0 bridgehead atoms. The van der Waals surface area contributed by atoms with Gasteiger partial charge in [0.15, 0.2) is 11.5 Å². The van der Waals surface area contributed by atoms with Crippen molar-refractivity contribution >= 4 is 34.9 Å². The molecule has 3 amide bonds. The minimum Gasteiger partial charge on any atom is -0.494 e. The summed E-state index contributed by atoms with van der Waals surface area (Å²) in [6, 6.07) is 10.3. The van der Waals surface area contributed by atoms with Crippen LogP contribution in [0.3, 0.4) is 0 Å². The molecule has 0 saturated heterocycles. The molecule has 4 aromatic rings. The van der Waals surface area contributed by atoms with Crippen LogP contribution in [-0.2, 0) is 11.8 Å². The molecule has 3 aromatic heterocycles. The topological polar surface area (TPSA) is 156 Å². The summed E-state index contributed by atoms with van der Waals surface area (Å²) in [6.07, 6.45) is 6.92. The summed E-state index contributed by atoms with van der Waals surface area (Å²) in [5.41, 5.74) is 3.58. The van der Waals surface area contributed by atoms with E-state index in [1.165, 1.54) is 14.2 Å². The molecule has 0 aliphatic heterocycles. The van der Waals surface area contributed by atoms with E-state index in [0.717, 1.165) is 24.0 Å². The summed E-state index contributed by atoms with van der Waals surface area (Å²) in [4.78, 5) is 44.1. The fourth-order valence-electron chi connectivity index (χ4n) is 4.55. The van der Waals surface area contributed by atoms with Gasteiger partial charge in [0.1, 0.15) is 11.4 Å². The molecular weight excluding hydrogens is 550 g/mol. The lowest BCUT2D eigenvalue weighted by Gasteiger charge is -2.23. The first-order valence-electron chi connectivity index (χ1n) is 13.8. The maximum Gasteiger partial charge on any atom is 0.273 e. The Morgan fingerprint density at radius 1 is 1.09 bits per heavy atom. The molecule has 1 aliphatic rings. The summed E-state index contributed by atoms with van der Waals surface area (Å²) >= 11 is 0. The van der Waals surface area contributed by atoms with Crippen molar-refractivity contribution in [2.24, 2.45) is 13.0 Å². The third-order valence-corrected chi connectivity index (χ3v) is 7.33. The van der Waals surface area contributed by atoms with Gasteiger partial charge in [0.25, 0.3) is 11.8 Å². The molecule has 3 N–H and O–H groups in total. The number of aryl methyl sites for hydroxylation is 1. The number of nitrogens with one attached hydrogen (secondary N) is 3. The van der Waals surface area contributed by atoms with E-state index >= 15 is 0 Å². The zero-order chi connectivity index (χ0) is 30.7. The maximum atomic E-state index is 13.2. The summed E-state index contributed by atoms with van der Waals surface area (Å²) in [5.74, 6) is -0.101. The lowest BCUT2D eigenvalue weighted by molar-refractivity contribution is -0.117. The molecular formula is C30H33N9O4. The summed E-state index contributed by atoms with van der Waals surface area (Å²) < 4.78 is 7.48. The van der Waals surface area contributed by atoms with Crippen LogP contribution in [0.4, 0.5) is 17.2 Å². The second-order valence-corrected chi connectivity index (χ2v) is 10.3. The van der Waals surface area contributed by atoms with Crippen LogP contribution in [0.1, 0.15) is 52.3 Å². The number of amides is 3. The standard InChI is InChI=1S/C30H33N9O4/c1-17(20-15-33-38(3)16-20)39(4)30(42)23-12-11-19(14-32-23)21-7-6-8-22(27(21)43-5)34-24-13-25(35-28(40)18-9-10-18)36-37-26(24)29(41)31-2/h6-8,11-18H,9-10H2,1-5H3,(H,31,41)(H2,34,35,36,40)/t17-/m0/s1. The number of anilines is 3. The second kappa shape index (κ2) is 12.3. The van der Waals surface area contributed by atoms with Crippen molar-refractivity contribution in [3.63, 3.8) is 0 Å². The molecule has 1 aromatic carbocycles. The van der Waals surface area contributed by atoms with E-state index < -0.39 is 5.91 Å². The Balaban J connectivity index is 1.40. The number of methoxy groups -OCH3 is 1. The van der Waals surface area contributed by atoms with E-state index in [1.807, 2.05) is 32.3 Å². The van der Waals surface area contributed by atoms with Crippen molar-refractivity contribution in [3.8, 4) is 16.9 Å². The molecule has 222 valence electrons. The van der Waals surface area contributed by atoms with Crippen LogP contribution in [0.25, 0.3) is 11.1 Å². The van der Waals surface area contributed by atoms with E-state index in [-0.39, 0.29) is 35.3 Å². The maximum absolute atomic E-state index is 13.2. The third kappa shape index (κ3) is 6.30. The van der Waals surface area contributed by atoms with Crippen LogP contribution in [0, 0.1) is 5.92 Å². The molecule has 1 aliphatic carbocycles. The van der Waals surface area contributed by atoms with Gasteiger partial charge in [0, 0.05) is 62.2 Å². The number of carbonyl (C=O) groups excluding carboxylic acids is 3. The lowest BCUT2D eigenvalue weighted by Crippen LogP contribution is -2.30. The Labute approximate surface area is 248 Å². The first-order valence-corrected chi connectivity index (χ1v) is 13.8. The molecule has 0 radical (unpaired) electrons. The Bertz CT molecular complexity index is 1660. The van der Waals surface area contributed by atoms with E-state index in [9.17, 15) is 14.4 Å². The van der Waals surface area contributed by atoms with E-state index in [2.05, 4.69) is 36.2 Å². The highest BCUT2D eigenvalue weighted by Crippen LogP contribution is 2.38. The van der Waals surface area contributed by atoms with Gasteiger partial charge < -0.3 is 25.6 Å². The molecule has 0 spiro atoms. The van der Waals surface area contributed by atoms with Gasteiger partial charge in [-0.15, -0.1) is 10.2 Å². The molecule has 0 unspecified atom stereocenters. The van der Waals surface area contributed by atoms with Crippen molar-refractivity contribution in [1.29, 1.82) is 0 Å². The molecule has 1 fully saturated rings. The number of benzene rings is 1. The number of pyridine rings is 1. The van der Waals surface area contributed by atoms with Gasteiger partial charge in [-0.3, -0.25) is 24.0 Å². The van der Waals surface area contributed by atoms with E-state index in [1.54, 1.807) is 53.3 Å². The summed E-state index contributed by atoms with van der Waals surface area (Å²) in [5, 5.41) is 20.8. The highest BCUT2D eigenvalue weighted by Gasteiger charge is 2.30. The van der Waals surface area contributed by atoms with Crippen molar-refractivity contribution < 1.29 is 19.1 Å². The van der Waals surface area contributed by atoms with Crippen LogP contribution in [0.15, 0.2) is 55.0 Å². The zero-order valence-electron chi connectivity index (χ0n) is 24.6. The van der Waals surface area contributed by atoms with Gasteiger partial charge in [-0.05, 0) is 31.9 Å². The highest BCUT2D eigenvalue weighted by molar-refractivity contribution is 6.00. The number of rotatable bonds is 10. The zero-order valence-corrected chi connectivity index (χ0v) is 24.6. The molecule has 43 heavy (non-hydrogen) atoms. The van der Waals surface area contributed by atoms with Gasteiger partial charge >= 0.3 is 0 Å². The summed E-state index contributed by atoms with van der Waals surface area (Å²) in [7, 11) is 6.60. The quantitative estimate of drug-likeness (QED) is 0.254. The van der Waals surface area contributed by atoms with Crippen LogP contribution < -0.4 is 20.7 Å². The van der Waals surface area contributed by atoms with Crippen LogP contribution >= 0.6 is 0 Å². The number of carbonyl (C=O) groups is 3. The Morgan fingerprint density at radius 2 is 1.88 bits per heavy atom. The predicted octanol–water partition coefficient (Wildman–Crippen LogP) is 3.57. The van der Waals surface area contributed by atoms with Crippen LogP contribution in [0.5, 0.6) is 5.75 Å². The van der Waals surface area contributed by atoms with Gasteiger partial charge in [0.2, 0.25) is 5.91 Å². The van der Waals surface area contributed by atoms with Crippen molar-refractivity contribution in [3.05, 3.63) is 71.9 Å². The van der Waals surface area contributed by atoms with Crippen molar-refractivity contribution in [1.82, 2.24) is 35.2 Å². The Morgan fingerprint density at radius 3 is 2.51 bits per heavy atom. The van der Waals surface area contributed by atoms with Gasteiger partial charge in [-0.2, -0.15) is 5.10 Å². The predicted molar refractivity (Wildman–Crippen MR) is 160 cm³/mol. The summed E-state index contributed by atoms with van der Waals surface area (Å²) in [6.45, 7) is 1.94. The number of ether oxygens (including phenoxy) is 1. The normalized spacial score (nSPS) is 13.1. The Kier molecular flexibility index (Phi) is 8.32. The number of para-hydroxylation sites is 1. The second-order valence-electron chi connectivity index (χ2n) is 10.3. The van der Waals surface area contributed by atoms with E-state index in [4.69, 9.17) is 4.74 Å². The van der Waals surface area contributed by atoms with Gasteiger partial charge in [0.05, 0.1) is 30.7 Å². The first-order chi connectivity index (χ1) is 20.7. The molecule has 5 rings (SSSR count). The molecule has 1 atom stereocenters. The Hall–Kier alpha value is -5.33. The van der Waals surface area contributed by atoms with Crippen LogP contribution in [0.2, 0.25) is 0 Å². The number of hydrogen-bond acceptors (Lipinski definition) is 9. The average Bonchev–Trinajstić information content (AvgIpc) is 3.79.